The van der Waals surface area contributed by atoms with Crippen LogP contribution in [0.3, 0.4) is 0 Å². The predicted molar refractivity (Wildman–Crippen MR) is 130 cm³/mol. The van der Waals surface area contributed by atoms with E-state index >= 15 is 0 Å². The molecule has 8 heteroatoms. The number of ether oxygens (including phenoxy) is 1. The molecule has 2 N–H and O–H groups in total. The van der Waals surface area contributed by atoms with Crippen LogP contribution in [0.1, 0.15) is 29.8 Å². The third-order valence-corrected chi connectivity index (χ3v) is 5.78. The zero-order valence-corrected chi connectivity index (χ0v) is 19.8. The number of rotatable bonds is 5. The van der Waals surface area contributed by atoms with Gasteiger partial charge in [0.15, 0.2) is 17.4 Å². The molecular weight excluding hydrogens is 491 g/mol. The summed E-state index contributed by atoms with van der Waals surface area (Å²) in [4.78, 5) is 4.40. The fourth-order valence-corrected chi connectivity index (χ4v) is 4.12. The average Bonchev–Trinajstić information content (AvgIpc) is 3.18. The molecule has 0 atom stereocenters. The molecule has 0 unspecified atom stereocenters. The quantitative estimate of drug-likeness (QED) is 0.308. The minimum atomic E-state index is 0. The molecule has 0 bridgehead atoms. The van der Waals surface area contributed by atoms with E-state index in [4.69, 9.17) is 4.74 Å². The SMILES string of the molecule is CN=C(NCc1nnc2ccccn12)NCC1(c2ccccc2C)CCOCC1.I. The van der Waals surface area contributed by atoms with Gasteiger partial charge in [-0.3, -0.25) is 9.39 Å². The molecule has 3 aromatic rings. The number of benzene rings is 1. The minimum Gasteiger partial charge on any atom is -0.381 e. The molecule has 1 aromatic carbocycles. The Hall–Kier alpha value is -2.20. The molecule has 0 radical (unpaired) electrons. The first-order valence-corrected chi connectivity index (χ1v) is 10.1. The van der Waals surface area contributed by atoms with Gasteiger partial charge < -0.3 is 15.4 Å². The van der Waals surface area contributed by atoms with Crippen molar-refractivity contribution in [3.8, 4) is 0 Å². The van der Waals surface area contributed by atoms with E-state index in [-0.39, 0.29) is 29.4 Å². The molecule has 1 aliphatic heterocycles. The molecule has 4 rings (SSSR count). The molecule has 3 heterocycles. The number of pyridine rings is 1. The first-order valence-electron chi connectivity index (χ1n) is 10.1. The fraction of sp³-hybridized carbons (Fsp3) is 0.409. The molecule has 30 heavy (non-hydrogen) atoms. The van der Waals surface area contributed by atoms with Crippen molar-refractivity contribution in [3.63, 3.8) is 0 Å². The van der Waals surface area contributed by atoms with Crippen LogP contribution in [0.2, 0.25) is 0 Å². The molecule has 1 saturated heterocycles. The van der Waals surface area contributed by atoms with Crippen molar-refractivity contribution in [1.29, 1.82) is 0 Å². The Morgan fingerprint density at radius 3 is 2.63 bits per heavy atom. The number of aromatic nitrogens is 3. The summed E-state index contributed by atoms with van der Waals surface area (Å²) in [5, 5.41) is 15.4. The van der Waals surface area contributed by atoms with Gasteiger partial charge in [0, 0.05) is 38.4 Å². The summed E-state index contributed by atoms with van der Waals surface area (Å²) >= 11 is 0. The third-order valence-electron chi connectivity index (χ3n) is 5.78. The zero-order valence-electron chi connectivity index (χ0n) is 17.5. The minimum absolute atomic E-state index is 0. The largest absolute Gasteiger partial charge is 0.381 e. The highest BCUT2D eigenvalue weighted by Crippen LogP contribution is 2.36. The van der Waals surface area contributed by atoms with E-state index in [9.17, 15) is 0 Å². The lowest BCUT2D eigenvalue weighted by atomic mass is 9.72. The van der Waals surface area contributed by atoms with Crippen LogP contribution in [0.4, 0.5) is 0 Å². The topological polar surface area (TPSA) is 75.8 Å². The monoisotopic (exact) mass is 520 g/mol. The molecule has 1 aliphatic rings. The summed E-state index contributed by atoms with van der Waals surface area (Å²) < 4.78 is 7.64. The Bertz CT molecular complexity index is 996. The van der Waals surface area contributed by atoms with Gasteiger partial charge in [-0.1, -0.05) is 30.3 Å². The van der Waals surface area contributed by atoms with Crippen molar-refractivity contribution in [2.24, 2.45) is 4.99 Å². The molecule has 0 amide bonds. The van der Waals surface area contributed by atoms with Crippen LogP contribution in [0, 0.1) is 6.92 Å². The third kappa shape index (κ3) is 4.75. The van der Waals surface area contributed by atoms with E-state index in [0.717, 1.165) is 50.0 Å². The van der Waals surface area contributed by atoms with Gasteiger partial charge in [-0.25, -0.2) is 0 Å². The molecule has 0 aliphatic carbocycles. The van der Waals surface area contributed by atoms with Gasteiger partial charge in [0.2, 0.25) is 0 Å². The normalized spacial score (nSPS) is 16.1. The molecule has 7 nitrogen and oxygen atoms in total. The van der Waals surface area contributed by atoms with Crippen LogP contribution in [0.5, 0.6) is 0 Å². The maximum absolute atomic E-state index is 5.66. The number of nitrogens with one attached hydrogen (secondary N) is 2. The van der Waals surface area contributed by atoms with Crippen LogP contribution in [0.15, 0.2) is 53.7 Å². The molecule has 1 fully saturated rings. The number of fused-ring (bicyclic) bond motifs is 1. The maximum Gasteiger partial charge on any atom is 0.191 e. The van der Waals surface area contributed by atoms with E-state index in [0.29, 0.717) is 6.54 Å². The Kier molecular flexibility index (Phi) is 7.65. The highest BCUT2D eigenvalue weighted by Gasteiger charge is 2.35. The number of nitrogens with zero attached hydrogens (tertiary/aromatic N) is 4. The first kappa shape index (κ1) is 22.5. The van der Waals surface area contributed by atoms with Crippen molar-refractivity contribution in [2.75, 3.05) is 26.8 Å². The molecule has 160 valence electrons. The summed E-state index contributed by atoms with van der Waals surface area (Å²) in [6.07, 6.45) is 3.96. The molecule has 2 aromatic heterocycles. The van der Waals surface area contributed by atoms with Crippen LogP contribution >= 0.6 is 24.0 Å². The number of aryl methyl sites for hydroxylation is 1. The van der Waals surface area contributed by atoms with Crippen LogP contribution in [-0.4, -0.2) is 47.4 Å². The summed E-state index contributed by atoms with van der Waals surface area (Å²) in [5.74, 6) is 1.61. The van der Waals surface area contributed by atoms with Crippen molar-refractivity contribution in [3.05, 3.63) is 65.6 Å². The Labute approximate surface area is 194 Å². The van der Waals surface area contributed by atoms with Crippen LogP contribution < -0.4 is 10.6 Å². The van der Waals surface area contributed by atoms with Gasteiger partial charge in [0.05, 0.1) is 6.54 Å². The standard InChI is InChI=1S/C22H28N6O.HI/c1-17-7-3-4-8-18(17)22(10-13-29-14-11-22)16-25-21(23-2)24-15-20-27-26-19-9-5-6-12-28(19)20;/h3-9,12H,10-11,13-16H2,1-2H3,(H2,23,24,25);1H. The number of halogens is 1. The number of guanidine groups is 1. The van der Waals surface area contributed by atoms with Gasteiger partial charge in [0.25, 0.3) is 0 Å². The van der Waals surface area contributed by atoms with Crippen LogP contribution in [0.25, 0.3) is 5.65 Å². The van der Waals surface area contributed by atoms with Gasteiger partial charge >= 0.3 is 0 Å². The van der Waals surface area contributed by atoms with Crippen LogP contribution in [-0.2, 0) is 16.7 Å². The number of hydrogen-bond acceptors (Lipinski definition) is 4. The van der Waals surface area contributed by atoms with E-state index in [1.165, 1.54) is 11.1 Å². The van der Waals surface area contributed by atoms with Crippen molar-refractivity contribution in [2.45, 2.75) is 31.7 Å². The Morgan fingerprint density at radius 1 is 1.10 bits per heavy atom. The Balaban J connectivity index is 0.00000256. The van der Waals surface area contributed by atoms with Gasteiger partial charge in [0.1, 0.15) is 0 Å². The van der Waals surface area contributed by atoms with Gasteiger partial charge in [-0.05, 0) is 43.0 Å². The second-order valence-electron chi connectivity index (χ2n) is 7.53. The lowest BCUT2D eigenvalue weighted by molar-refractivity contribution is 0.0512. The Morgan fingerprint density at radius 2 is 1.87 bits per heavy atom. The number of hydrogen-bond donors (Lipinski definition) is 2. The van der Waals surface area contributed by atoms with E-state index in [1.807, 2.05) is 28.8 Å². The first-order chi connectivity index (χ1) is 14.2. The second kappa shape index (κ2) is 10.2. The average molecular weight is 520 g/mol. The highest BCUT2D eigenvalue weighted by atomic mass is 127. The highest BCUT2D eigenvalue weighted by molar-refractivity contribution is 14.0. The fourth-order valence-electron chi connectivity index (χ4n) is 4.12. The van der Waals surface area contributed by atoms with Crippen molar-refractivity contribution in [1.82, 2.24) is 25.2 Å². The molecular formula is C22H29IN6O. The van der Waals surface area contributed by atoms with Crippen molar-refractivity contribution < 1.29 is 4.74 Å². The number of aliphatic imine (C=N–C) groups is 1. The van der Waals surface area contributed by atoms with E-state index < -0.39 is 0 Å². The summed E-state index contributed by atoms with van der Waals surface area (Å²) in [7, 11) is 1.79. The zero-order chi connectivity index (χ0) is 20.1. The lowest BCUT2D eigenvalue weighted by Crippen LogP contribution is -2.48. The summed E-state index contributed by atoms with van der Waals surface area (Å²) in [6.45, 7) is 5.12. The molecule has 0 saturated carbocycles. The van der Waals surface area contributed by atoms with Crippen molar-refractivity contribution >= 4 is 35.6 Å². The predicted octanol–water partition coefficient (Wildman–Crippen LogP) is 3.07. The summed E-state index contributed by atoms with van der Waals surface area (Å²) in [6, 6.07) is 14.5. The second-order valence-corrected chi connectivity index (χ2v) is 7.53. The van der Waals surface area contributed by atoms with E-state index in [1.54, 1.807) is 7.05 Å². The maximum atomic E-state index is 5.66. The lowest BCUT2D eigenvalue weighted by Gasteiger charge is -2.39. The van der Waals surface area contributed by atoms with Gasteiger partial charge in [-0.15, -0.1) is 34.2 Å². The van der Waals surface area contributed by atoms with Gasteiger partial charge in [-0.2, -0.15) is 0 Å². The molecule has 0 spiro atoms. The smallest absolute Gasteiger partial charge is 0.191 e. The summed E-state index contributed by atoms with van der Waals surface area (Å²) in [5.41, 5.74) is 3.61. The van der Waals surface area contributed by atoms with E-state index in [2.05, 4.69) is 57.0 Å².